The summed E-state index contributed by atoms with van der Waals surface area (Å²) in [5, 5.41) is 24.5. The van der Waals surface area contributed by atoms with E-state index in [1.165, 1.54) is 38.3 Å². The minimum atomic E-state index is -0.730. The highest BCUT2D eigenvalue weighted by molar-refractivity contribution is 5.95. The van der Waals surface area contributed by atoms with Gasteiger partial charge in [-0.1, -0.05) is 39.5 Å². The molecule has 1 saturated heterocycles. The van der Waals surface area contributed by atoms with Gasteiger partial charge in [-0.15, -0.1) is 0 Å². The highest BCUT2D eigenvalue weighted by Gasteiger charge is 2.41. The summed E-state index contributed by atoms with van der Waals surface area (Å²) in [6.45, 7) is 7.75. The van der Waals surface area contributed by atoms with Crippen molar-refractivity contribution < 1.29 is 19.7 Å². The first-order valence-electron chi connectivity index (χ1n) is 12.7. The van der Waals surface area contributed by atoms with Gasteiger partial charge in [0.25, 0.3) is 0 Å². The number of carbonyl (C=O) groups is 1. The Labute approximate surface area is 203 Å². The van der Waals surface area contributed by atoms with Crippen molar-refractivity contribution in [2.45, 2.75) is 65.2 Å². The van der Waals surface area contributed by atoms with Crippen molar-refractivity contribution in [2.24, 2.45) is 11.3 Å². The Hall–Kier alpha value is -2.54. The van der Waals surface area contributed by atoms with E-state index in [9.17, 15) is 15.0 Å². The van der Waals surface area contributed by atoms with E-state index in [4.69, 9.17) is 4.74 Å². The minimum Gasteiger partial charge on any atom is -0.504 e. The van der Waals surface area contributed by atoms with Crippen LogP contribution in [-0.4, -0.2) is 59.4 Å². The molecule has 1 aromatic heterocycles. The Kier molecular flexibility index (Phi) is 9.39. The summed E-state index contributed by atoms with van der Waals surface area (Å²) in [6, 6.07) is 5.51. The van der Waals surface area contributed by atoms with Crippen LogP contribution in [0.1, 0.15) is 65.2 Å². The molecule has 1 aromatic carbocycles. The van der Waals surface area contributed by atoms with Crippen molar-refractivity contribution in [2.75, 3.05) is 38.6 Å². The number of unbranched alkanes of at least 4 members (excludes halogenated alkanes) is 2. The van der Waals surface area contributed by atoms with E-state index in [1.807, 2.05) is 18.2 Å². The first kappa shape index (κ1) is 26.1. The number of pyridine rings is 1. The maximum absolute atomic E-state index is 12.3. The third kappa shape index (κ3) is 6.53. The number of nitrogens with zero attached hydrogens (tertiary/aromatic N) is 2. The summed E-state index contributed by atoms with van der Waals surface area (Å²) in [7, 11) is 1.60. The van der Waals surface area contributed by atoms with Crippen molar-refractivity contribution in [3.8, 4) is 11.5 Å². The topological polar surface area (TPSA) is 94.9 Å². The minimum absolute atomic E-state index is 0.0491. The number of fused-ring (bicyclic) bond motifs is 1. The Bertz CT molecular complexity index is 941. The monoisotopic (exact) mass is 471 g/mol. The van der Waals surface area contributed by atoms with E-state index in [0.717, 1.165) is 36.5 Å². The molecule has 1 fully saturated rings. The summed E-state index contributed by atoms with van der Waals surface area (Å²) in [4.78, 5) is 19.0. The van der Waals surface area contributed by atoms with Gasteiger partial charge in [0, 0.05) is 11.9 Å². The number of aromatic hydroxyl groups is 1. The fraction of sp³-hybridized carbons (Fsp3) is 0.630. The summed E-state index contributed by atoms with van der Waals surface area (Å²) in [5.41, 5.74) is 0.581. The normalized spacial score (nSPS) is 16.9. The maximum Gasteiger partial charge on any atom is 0.309 e. The molecular formula is C27H41N3O4. The van der Waals surface area contributed by atoms with Gasteiger partial charge < -0.3 is 25.2 Å². The number of rotatable bonds is 13. The summed E-state index contributed by atoms with van der Waals surface area (Å²) < 4.78 is 5.31. The number of hydrogen-bond acceptors (Lipinski definition) is 6. The number of methoxy groups -OCH3 is 1. The zero-order valence-electron chi connectivity index (χ0n) is 21.0. The highest BCUT2D eigenvalue weighted by atomic mass is 16.5. The molecule has 1 aliphatic heterocycles. The van der Waals surface area contributed by atoms with Gasteiger partial charge in [0.15, 0.2) is 5.75 Å². The predicted molar refractivity (Wildman–Crippen MR) is 137 cm³/mol. The summed E-state index contributed by atoms with van der Waals surface area (Å²) >= 11 is 0. The lowest BCUT2D eigenvalue weighted by Gasteiger charge is -2.39. The molecular weight excluding hydrogens is 430 g/mol. The van der Waals surface area contributed by atoms with E-state index in [0.29, 0.717) is 37.2 Å². The summed E-state index contributed by atoms with van der Waals surface area (Å²) in [5.74, 6) is 0.737. The number of carboxylic acids is 1. The van der Waals surface area contributed by atoms with Crippen LogP contribution in [0, 0.1) is 11.3 Å². The highest BCUT2D eigenvalue weighted by Crippen LogP contribution is 2.37. The Balaban J connectivity index is 1.56. The zero-order valence-corrected chi connectivity index (χ0v) is 21.0. The first-order chi connectivity index (χ1) is 16.4. The van der Waals surface area contributed by atoms with Crippen LogP contribution in [0.2, 0.25) is 0 Å². The number of benzene rings is 1. The smallest absolute Gasteiger partial charge is 0.309 e. The molecule has 2 heterocycles. The van der Waals surface area contributed by atoms with Crippen molar-refractivity contribution in [1.82, 2.24) is 9.88 Å². The Morgan fingerprint density at radius 2 is 2.03 bits per heavy atom. The number of likely N-dealkylation sites (tertiary alicyclic amines) is 1. The molecule has 1 atom stereocenters. The van der Waals surface area contributed by atoms with Gasteiger partial charge in [0.05, 0.1) is 29.9 Å². The van der Waals surface area contributed by atoms with Crippen LogP contribution in [0.15, 0.2) is 24.4 Å². The third-order valence-electron chi connectivity index (χ3n) is 7.47. The van der Waals surface area contributed by atoms with Crippen LogP contribution in [0.3, 0.4) is 0 Å². The second-order valence-electron chi connectivity index (χ2n) is 9.90. The van der Waals surface area contributed by atoms with Crippen LogP contribution in [0.4, 0.5) is 5.69 Å². The number of piperidine rings is 1. The Morgan fingerprint density at radius 1 is 1.26 bits per heavy atom. The SMILES string of the molecule is CCCCCC(C)CCN1CCC(CCNc2c(O)cnc3ccc(OC)cc23)(C(=O)O)CC1. The lowest BCUT2D eigenvalue weighted by Crippen LogP contribution is -2.45. The first-order valence-corrected chi connectivity index (χ1v) is 12.7. The number of nitrogens with one attached hydrogen (secondary N) is 1. The van der Waals surface area contributed by atoms with Crippen LogP contribution >= 0.6 is 0 Å². The standard InChI is InChI=1S/C27H41N3O4/c1-4-5-6-7-20(2)10-15-30-16-12-27(13-17-30,26(32)33)11-14-28-25-22-18-21(34-3)8-9-23(22)29-19-24(25)31/h8-9,18-20,31H,4-7,10-17H2,1-3H3,(H,28,29)(H,32,33). The third-order valence-corrected chi connectivity index (χ3v) is 7.47. The number of ether oxygens (including phenoxy) is 1. The van der Waals surface area contributed by atoms with E-state index < -0.39 is 11.4 Å². The van der Waals surface area contributed by atoms with E-state index in [-0.39, 0.29) is 5.75 Å². The van der Waals surface area contributed by atoms with E-state index in [1.54, 1.807) is 7.11 Å². The molecule has 188 valence electrons. The van der Waals surface area contributed by atoms with Gasteiger partial charge in [-0.2, -0.15) is 0 Å². The summed E-state index contributed by atoms with van der Waals surface area (Å²) in [6.07, 6.45) is 9.60. The molecule has 34 heavy (non-hydrogen) atoms. The zero-order chi connectivity index (χ0) is 24.6. The predicted octanol–water partition coefficient (Wildman–Crippen LogP) is 5.52. The lowest BCUT2D eigenvalue weighted by atomic mass is 9.75. The van der Waals surface area contributed by atoms with Gasteiger partial charge in [-0.05, 0) is 69.4 Å². The molecule has 0 amide bonds. The quantitative estimate of drug-likeness (QED) is 0.331. The average molecular weight is 472 g/mol. The molecule has 0 aliphatic carbocycles. The van der Waals surface area contributed by atoms with Gasteiger partial charge >= 0.3 is 5.97 Å². The van der Waals surface area contributed by atoms with Crippen LogP contribution in [-0.2, 0) is 4.79 Å². The number of aliphatic carboxylic acids is 1. The molecule has 0 bridgehead atoms. The molecule has 3 N–H and O–H groups in total. The van der Waals surface area contributed by atoms with Gasteiger partial charge in [-0.25, -0.2) is 0 Å². The average Bonchev–Trinajstić information content (AvgIpc) is 2.84. The Morgan fingerprint density at radius 3 is 2.71 bits per heavy atom. The van der Waals surface area contributed by atoms with Crippen LogP contribution < -0.4 is 10.1 Å². The molecule has 7 nitrogen and oxygen atoms in total. The van der Waals surface area contributed by atoms with Crippen LogP contribution in [0.5, 0.6) is 11.5 Å². The number of carboxylic acid groups (broad SMARTS) is 1. The van der Waals surface area contributed by atoms with E-state index >= 15 is 0 Å². The van der Waals surface area contributed by atoms with Gasteiger partial charge in [0.1, 0.15) is 5.75 Å². The van der Waals surface area contributed by atoms with Gasteiger partial charge in [0.2, 0.25) is 0 Å². The second-order valence-corrected chi connectivity index (χ2v) is 9.90. The van der Waals surface area contributed by atoms with Crippen molar-refractivity contribution in [3.05, 3.63) is 24.4 Å². The van der Waals surface area contributed by atoms with Crippen LogP contribution in [0.25, 0.3) is 10.9 Å². The van der Waals surface area contributed by atoms with Crippen molar-refractivity contribution in [1.29, 1.82) is 0 Å². The molecule has 1 unspecified atom stereocenters. The maximum atomic E-state index is 12.3. The fourth-order valence-corrected chi connectivity index (χ4v) is 4.97. The molecule has 1 aliphatic rings. The fourth-order valence-electron chi connectivity index (χ4n) is 4.97. The number of aromatic nitrogens is 1. The van der Waals surface area contributed by atoms with Crippen molar-refractivity contribution >= 4 is 22.6 Å². The number of anilines is 1. The largest absolute Gasteiger partial charge is 0.504 e. The molecule has 0 spiro atoms. The molecule has 2 aromatic rings. The molecule has 7 heteroatoms. The molecule has 0 saturated carbocycles. The molecule has 3 rings (SSSR count). The van der Waals surface area contributed by atoms with Crippen molar-refractivity contribution in [3.63, 3.8) is 0 Å². The van der Waals surface area contributed by atoms with E-state index in [2.05, 4.69) is 29.0 Å². The van der Waals surface area contributed by atoms with Gasteiger partial charge in [-0.3, -0.25) is 9.78 Å². The second kappa shape index (κ2) is 12.2. The number of hydrogen-bond donors (Lipinski definition) is 3. The lowest BCUT2D eigenvalue weighted by molar-refractivity contribution is -0.152. The molecule has 0 radical (unpaired) electrons.